The van der Waals surface area contributed by atoms with Crippen molar-refractivity contribution in [1.29, 1.82) is 0 Å². The molecule has 2 rings (SSSR count). The van der Waals surface area contributed by atoms with Crippen molar-refractivity contribution in [2.75, 3.05) is 11.8 Å². The molecule has 0 saturated heterocycles. The van der Waals surface area contributed by atoms with E-state index in [-0.39, 0.29) is 23.4 Å². The second-order valence-electron chi connectivity index (χ2n) is 4.61. The van der Waals surface area contributed by atoms with Crippen molar-refractivity contribution >= 4 is 17.6 Å². The molecule has 2 nitrogen and oxygen atoms in total. The maximum atomic E-state index is 14.0. The number of allylic oxidation sites excluding steroid dienone is 1. The minimum absolute atomic E-state index is 0.00273. The van der Waals surface area contributed by atoms with Gasteiger partial charge in [0.15, 0.2) is 34.8 Å². The standard InChI is InChI=1S/C16H12F5NOS/c1-3-4-9-12(18)13(19)14(20)15(21)16(9)24-22-8-5-6-11(23-2)10(17)7-8/h3,5-7,22H,1,4H2,2H3. The van der Waals surface area contributed by atoms with E-state index < -0.39 is 34.0 Å². The van der Waals surface area contributed by atoms with E-state index in [4.69, 9.17) is 4.74 Å². The van der Waals surface area contributed by atoms with Gasteiger partial charge in [-0.05, 0) is 30.5 Å². The van der Waals surface area contributed by atoms with Gasteiger partial charge in [0, 0.05) is 17.3 Å². The summed E-state index contributed by atoms with van der Waals surface area (Å²) in [4.78, 5) is -0.470. The van der Waals surface area contributed by atoms with Gasteiger partial charge in [-0.25, -0.2) is 22.0 Å². The van der Waals surface area contributed by atoms with Gasteiger partial charge in [0.05, 0.1) is 12.0 Å². The zero-order valence-corrected chi connectivity index (χ0v) is 13.2. The highest BCUT2D eigenvalue weighted by Crippen LogP contribution is 2.33. The van der Waals surface area contributed by atoms with Crippen molar-refractivity contribution < 1.29 is 26.7 Å². The second kappa shape index (κ2) is 7.57. The average molecular weight is 361 g/mol. The molecule has 24 heavy (non-hydrogen) atoms. The van der Waals surface area contributed by atoms with Crippen LogP contribution in [0.15, 0.2) is 35.7 Å². The molecule has 0 aliphatic carbocycles. The number of benzene rings is 2. The molecule has 0 saturated carbocycles. The summed E-state index contributed by atoms with van der Waals surface area (Å²) in [6.45, 7) is 3.37. The highest BCUT2D eigenvalue weighted by Gasteiger charge is 2.25. The molecular formula is C16H12F5NOS. The molecule has 0 spiro atoms. The third-order valence-electron chi connectivity index (χ3n) is 3.09. The molecule has 0 fully saturated rings. The summed E-state index contributed by atoms with van der Waals surface area (Å²) < 4.78 is 75.5. The highest BCUT2D eigenvalue weighted by molar-refractivity contribution is 8.00. The van der Waals surface area contributed by atoms with E-state index >= 15 is 0 Å². The predicted octanol–water partition coefficient (Wildman–Crippen LogP) is 5.24. The van der Waals surface area contributed by atoms with Gasteiger partial charge >= 0.3 is 0 Å². The van der Waals surface area contributed by atoms with E-state index in [2.05, 4.69) is 11.3 Å². The summed E-state index contributed by atoms with van der Waals surface area (Å²) in [6, 6.07) is 3.81. The molecule has 0 amide bonds. The zero-order chi connectivity index (χ0) is 17.9. The summed E-state index contributed by atoms with van der Waals surface area (Å²) >= 11 is 0.499. The predicted molar refractivity (Wildman–Crippen MR) is 82.6 cm³/mol. The van der Waals surface area contributed by atoms with Crippen LogP contribution in [0.4, 0.5) is 27.6 Å². The number of methoxy groups -OCH3 is 1. The van der Waals surface area contributed by atoms with Gasteiger partial charge in [0.1, 0.15) is 0 Å². The molecule has 0 radical (unpaired) electrons. The van der Waals surface area contributed by atoms with Crippen molar-refractivity contribution in [2.45, 2.75) is 11.3 Å². The Bertz CT molecular complexity index is 782. The van der Waals surface area contributed by atoms with Crippen LogP contribution in [-0.2, 0) is 6.42 Å². The molecule has 128 valence electrons. The summed E-state index contributed by atoms with van der Waals surface area (Å²) in [7, 11) is 1.29. The summed E-state index contributed by atoms with van der Waals surface area (Å²) in [6.07, 6.45) is 1.02. The molecule has 2 aromatic carbocycles. The Hall–Kier alpha value is -2.22. The number of ether oxygens (including phenoxy) is 1. The van der Waals surface area contributed by atoms with Gasteiger partial charge in [0.25, 0.3) is 0 Å². The fourth-order valence-corrected chi connectivity index (χ4v) is 2.75. The first-order chi connectivity index (χ1) is 11.4. The number of hydrogen-bond donors (Lipinski definition) is 1. The van der Waals surface area contributed by atoms with E-state index in [1.807, 2.05) is 0 Å². The van der Waals surface area contributed by atoms with Crippen LogP contribution >= 0.6 is 11.9 Å². The van der Waals surface area contributed by atoms with E-state index in [0.717, 1.165) is 6.07 Å². The van der Waals surface area contributed by atoms with Crippen LogP contribution in [0.5, 0.6) is 5.75 Å². The van der Waals surface area contributed by atoms with E-state index in [9.17, 15) is 22.0 Å². The number of anilines is 1. The molecular weight excluding hydrogens is 349 g/mol. The van der Waals surface area contributed by atoms with Crippen molar-refractivity contribution in [2.24, 2.45) is 0 Å². The first-order valence-electron chi connectivity index (χ1n) is 6.62. The minimum Gasteiger partial charge on any atom is -0.494 e. The lowest BCUT2D eigenvalue weighted by Crippen LogP contribution is -2.06. The van der Waals surface area contributed by atoms with Crippen molar-refractivity contribution in [3.63, 3.8) is 0 Å². The van der Waals surface area contributed by atoms with Gasteiger partial charge < -0.3 is 9.46 Å². The molecule has 2 aromatic rings. The van der Waals surface area contributed by atoms with Crippen molar-refractivity contribution in [1.82, 2.24) is 0 Å². The van der Waals surface area contributed by atoms with Crippen LogP contribution in [0, 0.1) is 29.1 Å². The van der Waals surface area contributed by atoms with Gasteiger partial charge in [0.2, 0.25) is 0 Å². The fourth-order valence-electron chi connectivity index (χ4n) is 1.93. The molecule has 0 aromatic heterocycles. The monoisotopic (exact) mass is 361 g/mol. The fraction of sp³-hybridized carbons (Fsp3) is 0.125. The highest BCUT2D eigenvalue weighted by atomic mass is 32.2. The second-order valence-corrected chi connectivity index (χ2v) is 5.43. The average Bonchev–Trinajstić information content (AvgIpc) is 2.57. The Labute approximate surface area is 139 Å². The zero-order valence-electron chi connectivity index (χ0n) is 12.4. The Morgan fingerprint density at radius 1 is 1.08 bits per heavy atom. The third-order valence-corrected chi connectivity index (χ3v) is 4.06. The number of nitrogens with one attached hydrogen (secondary N) is 1. The van der Waals surface area contributed by atoms with Crippen LogP contribution in [0.1, 0.15) is 5.56 Å². The molecule has 0 heterocycles. The number of hydrogen-bond acceptors (Lipinski definition) is 3. The number of rotatable bonds is 6. The Morgan fingerprint density at radius 2 is 1.75 bits per heavy atom. The lowest BCUT2D eigenvalue weighted by Gasteiger charge is -2.13. The molecule has 8 heteroatoms. The first kappa shape index (κ1) is 18.1. The summed E-state index contributed by atoms with van der Waals surface area (Å²) in [5.74, 6) is -7.49. The van der Waals surface area contributed by atoms with Crippen LogP contribution in [0.2, 0.25) is 0 Å². The number of halogens is 5. The SMILES string of the molecule is C=CCc1c(F)c(F)c(F)c(F)c1SNc1ccc(OC)c(F)c1. The minimum atomic E-state index is -1.91. The quantitative estimate of drug-likeness (QED) is 0.250. The van der Waals surface area contributed by atoms with Gasteiger partial charge in [-0.2, -0.15) is 0 Å². The van der Waals surface area contributed by atoms with Gasteiger partial charge in [-0.3, -0.25) is 0 Å². The lowest BCUT2D eigenvalue weighted by molar-refractivity contribution is 0.387. The van der Waals surface area contributed by atoms with Crippen LogP contribution in [-0.4, -0.2) is 7.11 Å². The molecule has 0 unspecified atom stereocenters. The molecule has 0 atom stereocenters. The smallest absolute Gasteiger partial charge is 0.198 e. The molecule has 1 N–H and O–H groups in total. The maximum absolute atomic E-state index is 14.0. The van der Waals surface area contributed by atoms with Gasteiger partial charge in [-0.1, -0.05) is 6.08 Å². The van der Waals surface area contributed by atoms with E-state index in [1.165, 1.54) is 25.3 Å². The maximum Gasteiger partial charge on any atom is 0.198 e. The van der Waals surface area contributed by atoms with Crippen LogP contribution < -0.4 is 9.46 Å². The van der Waals surface area contributed by atoms with E-state index in [0.29, 0.717) is 11.9 Å². The molecule has 0 bridgehead atoms. The van der Waals surface area contributed by atoms with Crippen molar-refractivity contribution in [3.05, 3.63) is 65.5 Å². The Morgan fingerprint density at radius 3 is 2.33 bits per heavy atom. The molecule has 0 aliphatic rings. The van der Waals surface area contributed by atoms with Crippen LogP contribution in [0.3, 0.4) is 0 Å². The third kappa shape index (κ3) is 3.48. The van der Waals surface area contributed by atoms with E-state index in [1.54, 1.807) is 0 Å². The first-order valence-corrected chi connectivity index (χ1v) is 7.44. The Kier molecular flexibility index (Phi) is 5.71. The van der Waals surface area contributed by atoms with Crippen LogP contribution in [0.25, 0.3) is 0 Å². The lowest BCUT2D eigenvalue weighted by atomic mass is 10.1. The molecule has 0 aliphatic heterocycles. The largest absolute Gasteiger partial charge is 0.494 e. The van der Waals surface area contributed by atoms with Gasteiger partial charge in [-0.15, -0.1) is 6.58 Å². The summed E-state index contributed by atoms with van der Waals surface area (Å²) in [5.41, 5.74) is -0.180. The summed E-state index contributed by atoms with van der Waals surface area (Å²) in [5, 5.41) is 0. The topological polar surface area (TPSA) is 21.3 Å². The Balaban J connectivity index is 2.35. The normalized spacial score (nSPS) is 10.6. The van der Waals surface area contributed by atoms with Crippen molar-refractivity contribution in [3.8, 4) is 5.75 Å².